The number of nitrogens with one attached hydrogen (secondary N) is 1. The van der Waals surface area contributed by atoms with Crippen LogP contribution in [0.5, 0.6) is 0 Å². The van der Waals surface area contributed by atoms with E-state index in [-0.39, 0.29) is 12.1 Å². The van der Waals surface area contributed by atoms with Crippen molar-refractivity contribution in [2.45, 2.75) is 44.1 Å². The SMILES string of the molecule is O[C@H]1CC[C@@H](NCc2cccc(C(F)(F)F)c2)C1. The predicted octanol–water partition coefficient (Wildman–Crippen LogP) is 2.71. The third kappa shape index (κ3) is 3.46. The van der Waals surface area contributed by atoms with E-state index >= 15 is 0 Å². The van der Waals surface area contributed by atoms with Gasteiger partial charge in [-0.25, -0.2) is 0 Å². The van der Waals surface area contributed by atoms with Crippen molar-refractivity contribution in [3.63, 3.8) is 0 Å². The van der Waals surface area contributed by atoms with Crippen LogP contribution in [-0.2, 0) is 12.7 Å². The summed E-state index contributed by atoms with van der Waals surface area (Å²) in [5.74, 6) is 0. The monoisotopic (exact) mass is 259 g/mol. The Hall–Kier alpha value is -1.07. The quantitative estimate of drug-likeness (QED) is 0.874. The summed E-state index contributed by atoms with van der Waals surface area (Å²) in [6.45, 7) is 0.404. The summed E-state index contributed by atoms with van der Waals surface area (Å²) in [6, 6.07) is 5.53. The summed E-state index contributed by atoms with van der Waals surface area (Å²) in [6.07, 6.45) is -2.25. The number of halogens is 3. The lowest BCUT2D eigenvalue weighted by atomic mass is 10.1. The van der Waals surface area contributed by atoms with Crippen LogP contribution in [0, 0.1) is 0 Å². The number of benzene rings is 1. The Labute approximate surface area is 104 Å². The van der Waals surface area contributed by atoms with Gasteiger partial charge in [-0.05, 0) is 30.9 Å². The Morgan fingerprint density at radius 3 is 2.67 bits per heavy atom. The Morgan fingerprint density at radius 1 is 1.28 bits per heavy atom. The van der Waals surface area contributed by atoms with Gasteiger partial charge in [0.2, 0.25) is 0 Å². The molecular weight excluding hydrogens is 243 g/mol. The molecule has 1 aromatic carbocycles. The van der Waals surface area contributed by atoms with Gasteiger partial charge in [-0.3, -0.25) is 0 Å². The lowest BCUT2D eigenvalue weighted by molar-refractivity contribution is -0.137. The number of aliphatic hydroxyl groups excluding tert-OH is 1. The Kier molecular flexibility index (Phi) is 3.92. The number of hydrogen-bond acceptors (Lipinski definition) is 2. The molecule has 0 spiro atoms. The van der Waals surface area contributed by atoms with Crippen molar-refractivity contribution in [3.05, 3.63) is 35.4 Å². The van der Waals surface area contributed by atoms with Crippen LogP contribution in [0.3, 0.4) is 0 Å². The fourth-order valence-corrected chi connectivity index (χ4v) is 2.26. The maximum Gasteiger partial charge on any atom is 0.416 e. The molecule has 2 rings (SSSR count). The molecule has 0 bridgehead atoms. The molecule has 1 fully saturated rings. The van der Waals surface area contributed by atoms with Crippen LogP contribution in [-0.4, -0.2) is 17.3 Å². The highest BCUT2D eigenvalue weighted by Gasteiger charge is 2.30. The van der Waals surface area contributed by atoms with E-state index in [9.17, 15) is 18.3 Å². The smallest absolute Gasteiger partial charge is 0.393 e. The van der Waals surface area contributed by atoms with Gasteiger partial charge in [0, 0.05) is 12.6 Å². The molecule has 0 aromatic heterocycles. The molecule has 1 saturated carbocycles. The number of aliphatic hydroxyl groups is 1. The van der Waals surface area contributed by atoms with E-state index in [1.807, 2.05) is 0 Å². The van der Waals surface area contributed by atoms with Crippen LogP contribution in [0.1, 0.15) is 30.4 Å². The lowest BCUT2D eigenvalue weighted by Gasteiger charge is -2.13. The molecule has 18 heavy (non-hydrogen) atoms. The molecule has 0 aliphatic heterocycles. The van der Waals surface area contributed by atoms with Crippen molar-refractivity contribution in [3.8, 4) is 0 Å². The van der Waals surface area contributed by atoms with Crippen molar-refractivity contribution in [2.24, 2.45) is 0 Å². The zero-order valence-electron chi connectivity index (χ0n) is 9.87. The molecule has 0 amide bonds. The van der Waals surface area contributed by atoms with Crippen LogP contribution < -0.4 is 5.32 Å². The Morgan fingerprint density at radius 2 is 2.06 bits per heavy atom. The molecule has 2 N–H and O–H groups in total. The fourth-order valence-electron chi connectivity index (χ4n) is 2.26. The van der Waals surface area contributed by atoms with Gasteiger partial charge in [0.1, 0.15) is 0 Å². The van der Waals surface area contributed by atoms with E-state index in [1.165, 1.54) is 12.1 Å². The zero-order chi connectivity index (χ0) is 13.2. The Bertz CT molecular complexity index is 405. The van der Waals surface area contributed by atoms with Crippen molar-refractivity contribution < 1.29 is 18.3 Å². The van der Waals surface area contributed by atoms with E-state index in [4.69, 9.17) is 0 Å². The zero-order valence-corrected chi connectivity index (χ0v) is 9.87. The minimum Gasteiger partial charge on any atom is -0.393 e. The lowest BCUT2D eigenvalue weighted by Crippen LogP contribution is -2.26. The van der Waals surface area contributed by atoms with E-state index < -0.39 is 11.7 Å². The van der Waals surface area contributed by atoms with Gasteiger partial charge in [0.15, 0.2) is 0 Å². The first-order valence-corrected chi connectivity index (χ1v) is 6.03. The van der Waals surface area contributed by atoms with E-state index in [0.29, 0.717) is 18.5 Å². The van der Waals surface area contributed by atoms with E-state index in [0.717, 1.165) is 18.9 Å². The number of rotatable bonds is 3. The van der Waals surface area contributed by atoms with Crippen LogP contribution in [0.2, 0.25) is 0 Å². The third-order valence-corrected chi connectivity index (χ3v) is 3.25. The van der Waals surface area contributed by atoms with Gasteiger partial charge in [-0.2, -0.15) is 13.2 Å². The minimum atomic E-state index is -4.29. The molecule has 0 radical (unpaired) electrons. The first-order chi connectivity index (χ1) is 8.45. The largest absolute Gasteiger partial charge is 0.416 e. The molecule has 2 nitrogen and oxygen atoms in total. The highest BCUT2D eigenvalue weighted by atomic mass is 19.4. The third-order valence-electron chi connectivity index (χ3n) is 3.25. The average Bonchev–Trinajstić information content (AvgIpc) is 2.72. The van der Waals surface area contributed by atoms with Crippen molar-refractivity contribution in [1.82, 2.24) is 5.32 Å². The first-order valence-electron chi connectivity index (χ1n) is 6.03. The van der Waals surface area contributed by atoms with E-state index in [1.54, 1.807) is 6.07 Å². The van der Waals surface area contributed by atoms with Crippen LogP contribution in [0.4, 0.5) is 13.2 Å². The molecule has 5 heteroatoms. The summed E-state index contributed by atoms with van der Waals surface area (Å²) in [4.78, 5) is 0. The standard InChI is InChI=1S/C13H16F3NO/c14-13(15,16)10-3-1-2-9(6-10)8-17-11-4-5-12(18)7-11/h1-3,6,11-12,17-18H,4-5,7-8H2/t11-,12+/m1/s1. The number of alkyl halides is 3. The van der Waals surface area contributed by atoms with Gasteiger partial charge in [-0.15, -0.1) is 0 Å². The normalized spacial score (nSPS) is 24.4. The fraction of sp³-hybridized carbons (Fsp3) is 0.538. The highest BCUT2D eigenvalue weighted by molar-refractivity contribution is 5.25. The van der Waals surface area contributed by atoms with Crippen LogP contribution in [0.25, 0.3) is 0 Å². The summed E-state index contributed by atoms with van der Waals surface area (Å²) >= 11 is 0. The predicted molar refractivity (Wildman–Crippen MR) is 61.9 cm³/mol. The Balaban J connectivity index is 1.93. The van der Waals surface area contributed by atoms with Gasteiger partial charge in [0.25, 0.3) is 0 Å². The van der Waals surface area contributed by atoms with Crippen LogP contribution >= 0.6 is 0 Å². The topological polar surface area (TPSA) is 32.3 Å². The number of hydrogen-bond donors (Lipinski definition) is 2. The molecule has 0 saturated heterocycles. The van der Waals surface area contributed by atoms with Gasteiger partial charge in [-0.1, -0.05) is 18.2 Å². The molecule has 2 atom stereocenters. The molecule has 1 aliphatic rings. The maximum absolute atomic E-state index is 12.5. The molecule has 1 aliphatic carbocycles. The molecule has 100 valence electrons. The van der Waals surface area contributed by atoms with Crippen molar-refractivity contribution >= 4 is 0 Å². The van der Waals surface area contributed by atoms with Crippen molar-refractivity contribution in [1.29, 1.82) is 0 Å². The van der Waals surface area contributed by atoms with Gasteiger partial charge >= 0.3 is 6.18 Å². The van der Waals surface area contributed by atoms with Gasteiger partial charge < -0.3 is 10.4 Å². The highest BCUT2D eigenvalue weighted by Crippen LogP contribution is 2.29. The average molecular weight is 259 g/mol. The van der Waals surface area contributed by atoms with E-state index in [2.05, 4.69) is 5.32 Å². The molecule has 0 heterocycles. The summed E-state index contributed by atoms with van der Waals surface area (Å²) in [7, 11) is 0. The summed E-state index contributed by atoms with van der Waals surface area (Å²) in [5, 5.41) is 12.5. The van der Waals surface area contributed by atoms with Gasteiger partial charge in [0.05, 0.1) is 11.7 Å². The maximum atomic E-state index is 12.5. The summed E-state index contributed by atoms with van der Waals surface area (Å²) in [5.41, 5.74) is -0.000489. The first kappa shape index (κ1) is 13.4. The second-order valence-electron chi connectivity index (χ2n) is 4.74. The molecular formula is C13H16F3NO. The second kappa shape index (κ2) is 5.28. The van der Waals surface area contributed by atoms with Crippen LogP contribution in [0.15, 0.2) is 24.3 Å². The molecule has 1 aromatic rings. The van der Waals surface area contributed by atoms with Crippen molar-refractivity contribution in [2.75, 3.05) is 0 Å². The second-order valence-corrected chi connectivity index (χ2v) is 4.74. The molecule has 0 unspecified atom stereocenters. The minimum absolute atomic E-state index is 0.203. The summed E-state index contributed by atoms with van der Waals surface area (Å²) < 4.78 is 37.5.